The van der Waals surface area contributed by atoms with E-state index in [9.17, 15) is 4.79 Å². The van der Waals surface area contributed by atoms with Gasteiger partial charge in [-0.25, -0.2) is 4.98 Å². The molecular weight excluding hydrogens is 292 g/mol. The number of ether oxygens (including phenoxy) is 1. The standard InChI is InChI=1S/C18H30N2O3/c1-11(2)9-15-20-13(5)17(23-15)18(21)19-10-14-7-6-8-22-16(14)12(3)4/h11-12,14,16H,6-10H2,1-5H3,(H,19,21)/t14-,16-/m0/s1. The van der Waals surface area contributed by atoms with Crippen LogP contribution in [0.15, 0.2) is 4.42 Å². The highest BCUT2D eigenvalue weighted by molar-refractivity contribution is 5.92. The Balaban J connectivity index is 1.95. The van der Waals surface area contributed by atoms with Gasteiger partial charge in [-0.15, -0.1) is 0 Å². The molecule has 1 amide bonds. The summed E-state index contributed by atoms with van der Waals surface area (Å²) in [5, 5.41) is 3.01. The van der Waals surface area contributed by atoms with E-state index in [1.807, 2.05) is 6.92 Å². The summed E-state index contributed by atoms with van der Waals surface area (Å²) >= 11 is 0. The Hall–Kier alpha value is -1.36. The highest BCUT2D eigenvalue weighted by Gasteiger charge is 2.29. The van der Waals surface area contributed by atoms with Gasteiger partial charge in [-0.05, 0) is 31.6 Å². The normalized spacial score (nSPS) is 21.9. The van der Waals surface area contributed by atoms with Gasteiger partial charge < -0.3 is 14.5 Å². The van der Waals surface area contributed by atoms with Crippen molar-refractivity contribution in [2.75, 3.05) is 13.2 Å². The van der Waals surface area contributed by atoms with Crippen LogP contribution in [0, 0.1) is 24.7 Å². The molecule has 0 bridgehead atoms. The quantitative estimate of drug-likeness (QED) is 0.872. The molecule has 0 spiro atoms. The number of carbonyl (C=O) groups is 1. The largest absolute Gasteiger partial charge is 0.435 e. The van der Waals surface area contributed by atoms with Gasteiger partial charge in [0.2, 0.25) is 5.76 Å². The fourth-order valence-electron chi connectivity index (χ4n) is 3.22. The zero-order valence-electron chi connectivity index (χ0n) is 15.0. The number of rotatable bonds is 6. The van der Waals surface area contributed by atoms with Crippen LogP contribution in [0.4, 0.5) is 0 Å². The molecule has 0 unspecified atom stereocenters. The van der Waals surface area contributed by atoms with Crippen molar-refractivity contribution in [3.63, 3.8) is 0 Å². The molecule has 0 aromatic carbocycles. The van der Waals surface area contributed by atoms with Crippen LogP contribution < -0.4 is 5.32 Å². The second-order valence-electron chi connectivity index (χ2n) is 7.31. The minimum absolute atomic E-state index is 0.168. The minimum atomic E-state index is -0.168. The van der Waals surface area contributed by atoms with Gasteiger partial charge in [-0.2, -0.15) is 0 Å². The first-order valence-corrected chi connectivity index (χ1v) is 8.74. The summed E-state index contributed by atoms with van der Waals surface area (Å²) in [5.41, 5.74) is 0.665. The van der Waals surface area contributed by atoms with E-state index < -0.39 is 0 Å². The number of aromatic nitrogens is 1. The second kappa shape index (κ2) is 7.95. The van der Waals surface area contributed by atoms with E-state index in [1.165, 1.54) is 0 Å². The third-order valence-electron chi connectivity index (χ3n) is 4.31. The predicted molar refractivity (Wildman–Crippen MR) is 89.4 cm³/mol. The Morgan fingerprint density at radius 2 is 2.09 bits per heavy atom. The highest BCUT2D eigenvalue weighted by atomic mass is 16.5. The number of hydrogen-bond donors (Lipinski definition) is 1. The lowest BCUT2D eigenvalue weighted by Gasteiger charge is -2.34. The average molecular weight is 322 g/mol. The zero-order valence-corrected chi connectivity index (χ0v) is 15.0. The molecule has 1 aliphatic heterocycles. The Kier molecular flexibility index (Phi) is 6.22. The molecule has 0 saturated carbocycles. The Labute approximate surface area is 139 Å². The lowest BCUT2D eigenvalue weighted by atomic mass is 9.87. The molecule has 5 nitrogen and oxygen atoms in total. The van der Waals surface area contributed by atoms with Crippen molar-refractivity contribution >= 4 is 5.91 Å². The van der Waals surface area contributed by atoms with E-state index in [-0.39, 0.29) is 12.0 Å². The van der Waals surface area contributed by atoms with Crippen LogP contribution >= 0.6 is 0 Å². The van der Waals surface area contributed by atoms with E-state index in [0.717, 1.165) is 25.9 Å². The molecule has 1 fully saturated rings. The molecule has 23 heavy (non-hydrogen) atoms. The van der Waals surface area contributed by atoms with Gasteiger partial charge in [0.15, 0.2) is 5.89 Å². The summed E-state index contributed by atoms with van der Waals surface area (Å²) in [6, 6.07) is 0. The molecule has 1 aliphatic rings. The first-order valence-electron chi connectivity index (χ1n) is 8.74. The molecule has 1 N–H and O–H groups in total. The van der Waals surface area contributed by atoms with Crippen LogP contribution in [0.5, 0.6) is 0 Å². The van der Waals surface area contributed by atoms with Crippen molar-refractivity contribution in [3.05, 3.63) is 17.3 Å². The molecule has 2 heterocycles. The van der Waals surface area contributed by atoms with Gasteiger partial charge in [0.25, 0.3) is 5.91 Å². The number of carbonyl (C=O) groups excluding carboxylic acids is 1. The number of nitrogens with zero attached hydrogens (tertiary/aromatic N) is 1. The fourth-order valence-corrected chi connectivity index (χ4v) is 3.22. The lowest BCUT2D eigenvalue weighted by molar-refractivity contribution is -0.0510. The zero-order chi connectivity index (χ0) is 17.0. The summed E-state index contributed by atoms with van der Waals surface area (Å²) in [4.78, 5) is 16.8. The maximum atomic E-state index is 12.4. The van der Waals surface area contributed by atoms with Gasteiger partial charge >= 0.3 is 0 Å². The Morgan fingerprint density at radius 1 is 1.35 bits per heavy atom. The SMILES string of the molecule is Cc1nc(CC(C)C)oc1C(=O)NC[C@@H]1CCCO[C@H]1C(C)C. The molecular formula is C18H30N2O3. The minimum Gasteiger partial charge on any atom is -0.435 e. The van der Waals surface area contributed by atoms with Gasteiger partial charge in [-0.3, -0.25) is 4.79 Å². The van der Waals surface area contributed by atoms with Crippen molar-refractivity contribution in [1.82, 2.24) is 10.3 Å². The number of oxazole rings is 1. The molecule has 1 aromatic heterocycles. The first kappa shape index (κ1) is 18.0. The molecule has 130 valence electrons. The highest BCUT2D eigenvalue weighted by Crippen LogP contribution is 2.26. The summed E-state index contributed by atoms with van der Waals surface area (Å²) in [6.07, 6.45) is 3.12. The number of nitrogens with one attached hydrogen (secondary N) is 1. The smallest absolute Gasteiger partial charge is 0.289 e. The average Bonchev–Trinajstić information content (AvgIpc) is 2.84. The third kappa shape index (κ3) is 4.80. The fraction of sp³-hybridized carbons (Fsp3) is 0.778. The van der Waals surface area contributed by atoms with Crippen molar-refractivity contribution in [1.29, 1.82) is 0 Å². The Morgan fingerprint density at radius 3 is 2.74 bits per heavy atom. The molecule has 1 saturated heterocycles. The van der Waals surface area contributed by atoms with Gasteiger partial charge in [0.1, 0.15) is 0 Å². The van der Waals surface area contributed by atoms with E-state index >= 15 is 0 Å². The lowest BCUT2D eigenvalue weighted by Crippen LogP contribution is -2.41. The molecule has 0 aliphatic carbocycles. The molecule has 2 rings (SSSR count). The molecule has 1 aromatic rings. The van der Waals surface area contributed by atoms with Crippen LogP contribution in [0.3, 0.4) is 0 Å². The van der Waals surface area contributed by atoms with E-state index in [0.29, 0.717) is 41.6 Å². The summed E-state index contributed by atoms with van der Waals surface area (Å²) in [7, 11) is 0. The van der Waals surface area contributed by atoms with E-state index in [1.54, 1.807) is 0 Å². The van der Waals surface area contributed by atoms with E-state index in [4.69, 9.17) is 9.15 Å². The topological polar surface area (TPSA) is 64.4 Å². The number of aryl methyl sites for hydroxylation is 1. The predicted octanol–water partition coefficient (Wildman–Crippen LogP) is 3.36. The second-order valence-corrected chi connectivity index (χ2v) is 7.31. The van der Waals surface area contributed by atoms with Crippen LogP contribution in [-0.4, -0.2) is 30.1 Å². The molecule has 0 radical (unpaired) electrons. The van der Waals surface area contributed by atoms with Crippen LogP contribution in [0.1, 0.15) is 62.7 Å². The number of hydrogen-bond acceptors (Lipinski definition) is 4. The van der Waals surface area contributed by atoms with Crippen LogP contribution in [-0.2, 0) is 11.2 Å². The summed E-state index contributed by atoms with van der Waals surface area (Å²) in [5.74, 6) is 2.10. The first-order chi connectivity index (χ1) is 10.9. The maximum absolute atomic E-state index is 12.4. The van der Waals surface area contributed by atoms with Crippen molar-refractivity contribution in [3.8, 4) is 0 Å². The Bertz CT molecular complexity index is 522. The number of amides is 1. The summed E-state index contributed by atoms with van der Waals surface area (Å²) in [6.45, 7) is 11.8. The van der Waals surface area contributed by atoms with Crippen molar-refractivity contribution in [2.24, 2.45) is 17.8 Å². The van der Waals surface area contributed by atoms with Gasteiger partial charge in [0, 0.05) is 25.5 Å². The van der Waals surface area contributed by atoms with Crippen molar-refractivity contribution < 1.29 is 13.9 Å². The maximum Gasteiger partial charge on any atom is 0.289 e. The van der Waals surface area contributed by atoms with Crippen LogP contribution in [0.2, 0.25) is 0 Å². The monoisotopic (exact) mass is 322 g/mol. The van der Waals surface area contributed by atoms with Gasteiger partial charge in [0.05, 0.1) is 11.8 Å². The van der Waals surface area contributed by atoms with Crippen molar-refractivity contribution in [2.45, 2.75) is 60.0 Å². The van der Waals surface area contributed by atoms with E-state index in [2.05, 4.69) is 38.0 Å². The molecule has 2 atom stereocenters. The molecule has 5 heteroatoms. The summed E-state index contributed by atoms with van der Waals surface area (Å²) < 4.78 is 11.5. The van der Waals surface area contributed by atoms with Gasteiger partial charge in [-0.1, -0.05) is 27.7 Å². The third-order valence-corrected chi connectivity index (χ3v) is 4.31. The van der Waals surface area contributed by atoms with Crippen LogP contribution in [0.25, 0.3) is 0 Å².